The number of alkyl halides is 1. The Bertz CT molecular complexity index is 63.9. The SMILES string of the molecule is CNCC(I)CC(C)C. The van der Waals surface area contributed by atoms with E-state index in [0.717, 1.165) is 16.4 Å². The summed E-state index contributed by atoms with van der Waals surface area (Å²) in [6.07, 6.45) is 1.32. The maximum absolute atomic E-state index is 3.17. The van der Waals surface area contributed by atoms with Crippen LogP contribution in [-0.2, 0) is 0 Å². The second kappa shape index (κ2) is 5.47. The van der Waals surface area contributed by atoms with E-state index in [9.17, 15) is 0 Å². The highest BCUT2D eigenvalue weighted by Crippen LogP contribution is 2.11. The van der Waals surface area contributed by atoms with Crippen molar-refractivity contribution in [3.63, 3.8) is 0 Å². The minimum atomic E-state index is 0.799. The summed E-state index contributed by atoms with van der Waals surface area (Å²) in [4.78, 5) is 0. The zero-order valence-electron chi connectivity index (χ0n) is 6.45. The third-order valence-electron chi connectivity index (χ3n) is 1.15. The van der Waals surface area contributed by atoms with Gasteiger partial charge in [0.1, 0.15) is 0 Å². The fraction of sp³-hybridized carbons (Fsp3) is 1.00. The molecular weight excluding hydrogens is 225 g/mol. The van der Waals surface area contributed by atoms with E-state index < -0.39 is 0 Å². The molecule has 0 aromatic rings. The molecule has 1 unspecified atom stereocenters. The second-order valence-electron chi connectivity index (χ2n) is 2.78. The smallest absolute Gasteiger partial charge is 0.0237 e. The first-order valence-corrected chi connectivity index (χ1v) is 4.70. The summed E-state index contributed by atoms with van der Waals surface area (Å²) in [5.74, 6) is 0.834. The van der Waals surface area contributed by atoms with Crippen molar-refractivity contribution < 1.29 is 0 Å². The molecular formula is C7H16IN. The van der Waals surface area contributed by atoms with Gasteiger partial charge in [0.15, 0.2) is 0 Å². The van der Waals surface area contributed by atoms with Gasteiger partial charge in [-0.15, -0.1) is 0 Å². The molecule has 0 saturated carbocycles. The Balaban J connectivity index is 3.15. The van der Waals surface area contributed by atoms with E-state index in [-0.39, 0.29) is 0 Å². The third kappa shape index (κ3) is 6.58. The van der Waals surface area contributed by atoms with Crippen molar-refractivity contribution >= 4 is 22.6 Å². The van der Waals surface area contributed by atoms with E-state index in [1.54, 1.807) is 0 Å². The lowest BCUT2D eigenvalue weighted by Crippen LogP contribution is -2.19. The standard InChI is InChI=1S/C7H16IN/c1-6(2)4-7(8)5-9-3/h6-7,9H,4-5H2,1-3H3. The minimum Gasteiger partial charge on any atom is -0.319 e. The lowest BCUT2D eigenvalue weighted by molar-refractivity contribution is 0.564. The van der Waals surface area contributed by atoms with Crippen LogP contribution in [0.25, 0.3) is 0 Å². The highest BCUT2D eigenvalue weighted by atomic mass is 127. The first-order chi connectivity index (χ1) is 4.16. The van der Waals surface area contributed by atoms with E-state index >= 15 is 0 Å². The number of rotatable bonds is 4. The van der Waals surface area contributed by atoms with Crippen LogP contribution in [0.2, 0.25) is 0 Å². The van der Waals surface area contributed by atoms with Crippen LogP contribution >= 0.6 is 22.6 Å². The van der Waals surface area contributed by atoms with Gasteiger partial charge in [-0.1, -0.05) is 36.4 Å². The Kier molecular flexibility index (Phi) is 5.89. The Morgan fingerprint density at radius 1 is 1.44 bits per heavy atom. The fourth-order valence-corrected chi connectivity index (χ4v) is 2.27. The summed E-state index contributed by atoms with van der Waals surface area (Å²) in [7, 11) is 2.01. The summed E-state index contributed by atoms with van der Waals surface area (Å²) < 4.78 is 0.799. The maximum atomic E-state index is 3.17. The molecule has 0 radical (unpaired) electrons. The van der Waals surface area contributed by atoms with Crippen LogP contribution in [0.15, 0.2) is 0 Å². The lowest BCUT2D eigenvalue weighted by Gasteiger charge is -2.10. The summed E-state index contributed by atoms with van der Waals surface area (Å²) in [6, 6.07) is 0. The number of nitrogens with one attached hydrogen (secondary N) is 1. The van der Waals surface area contributed by atoms with Gasteiger partial charge in [0, 0.05) is 10.5 Å². The molecule has 0 saturated heterocycles. The van der Waals surface area contributed by atoms with Crippen LogP contribution in [0.4, 0.5) is 0 Å². The minimum absolute atomic E-state index is 0.799. The number of hydrogen-bond donors (Lipinski definition) is 1. The van der Waals surface area contributed by atoms with Gasteiger partial charge >= 0.3 is 0 Å². The van der Waals surface area contributed by atoms with Crippen molar-refractivity contribution in [1.29, 1.82) is 0 Å². The Morgan fingerprint density at radius 2 is 2.00 bits per heavy atom. The van der Waals surface area contributed by atoms with E-state index in [0.29, 0.717) is 0 Å². The van der Waals surface area contributed by atoms with Crippen molar-refractivity contribution in [3.05, 3.63) is 0 Å². The fourth-order valence-electron chi connectivity index (χ4n) is 0.816. The Hall–Kier alpha value is 0.690. The number of hydrogen-bond acceptors (Lipinski definition) is 1. The molecule has 0 aromatic carbocycles. The average molecular weight is 241 g/mol. The second-order valence-corrected chi connectivity index (χ2v) is 4.55. The van der Waals surface area contributed by atoms with Crippen molar-refractivity contribution in [1.82, 2.24) is 5.32 Å². The highest BCUT2D eigenvalue weighted by molar-refractivity contribution is 14.1. The predicted octanol–water partition coefficient (Wildman–Crippen LogP) is 2.06. The van der Waals surface area contributed by atoms with Gasteiger partial charge in [0.2, 0.25) is 0 Å². The van der Waals surface area contributed by atoms with Gasteiger partial charge in [-0.3, -0.25) is 0 Å². The van der Waals surface area contributed by atoms with E-state index in [4.69, 9.17) is 0 Å². The zero-order chi connectivity index (χ0) is 7.28. The molecule has 1 nitrogen and oxygen atoms in total. The molecule has 0 aliphatic heterocycles. The highest BCUT2D eigenvalue weighted by Gasteiger charge is 2.03. The van der Waals surface area contributed by atoms with Gasteiger partial charge in [0.05, 0.1) is 0 Å². The Morgan fingerprint density at radius 3 is 2.33 bits per heavy atom. The van der Waals surface area contributed by atoms with Gasteiger partial charge in [-0.2, -0.15) is 0 Å². The molecule has 9 heavy (non-hydrogen) atoms. The van der Waals surface area contributed by atoms with Gasteiger partial charge in [0.25, 0.3) is 0 Å². The van der Waals surface area contributed by atoms with E-state index in [2.05, 4.69) is 41.8 Å². The van der Waals surface area contributed by atoms with E-state index in [1.807, 2.05) is 7.05 Å². The molecule has 0 aliphatic rings. The molecule has 0 heterocycles. The van der Waals surface area contributed by atoms with Gasteiger partial charge in [-0.05, 0) is 19.4 Å². The monoisotopic (exact) mass is 241 g/mol. The van der Waals surface area contributed by atoms with Crippen molar-refractivity contribution in [3.8, 4) is 0 Å². The molecule has 0 amide bonds. The molecule has 0 fully saturated rings. The quantitative estimate of drug-likeness (QED) is 0.586. The van der Waals surface area contributed by atoms with Crippen LogP contribution in [0, 0.1) is 5.92 Å². The molecule has 0 spiro atoms. The van der Waals surface area contributed by atoms with Crippen LogP contribution in [0.3, 0.4) is 0 Å². The van der Waals surface area contributed by atoms with Crippen molar-refractivity contribution in [2.24, 2.45) is 5.92 Å². The molecule has 56 valence electrons. The van der Waals surface area contributed by atoms with Crippen molar-refractivity contribution in [2.45, 2.75) is 24.2 Å². The largest absolute Gasteiger partial charge is 0.319 e. The molecule has 1 atom stereocenters. The molecule has 0 aromatic heterocycles. The normalized spacial score (nSPS) is 14.3. The van der Waals surface area contributed by atoms with Crippen molar-refractivity contribution in [2.75, 3.05) is 13.6 Å². The third-order valence-corrected chi connectivity index (χ3v) is 2.10. The molecule has 0 rings (SSSR count). The molecule has 1 N–H and O–H groups in total. The van der Waals surface area contributed by atoms with Crippen LogP contribution in [-0.4, -0.2) is 17.5 Å². The zero-order valence-corrected chi connectivity index (χ0v) is 8.60. The van der Waals surface area contributed by atoms with Crippen LogP contribution in [0.1, 0.15) is 20.3 Å². The first kappa shape index (κ1) is 9.69. The maximum Gasteiger partial charge on any atom is 0.0237 e. The molecule has 0 bridgehead atoms. The van der Waals surface area contributed by atoms with Crippen LogP contribution < -0.4 is 5.32 Å². The Labute approximate surface area is 71.7 Å². The predicted molar refractivity (Wildman–Crippen MR) is 51.2 cm³/mol. The topological polar surface area (TPSA) is 12.0 Å². The summed E-state index contributed by atoms with van der Waals surface area (Å²) >= 11 is 2.49. The summed E-state index contributed by atoms with van der Waals surface area (Å²) in [5.41, 5.74) is 0. The summed E-state index contributed by atoms with van der Waals surface area (Å²) in [6.45, 7) is 5.67. The number of halogens is 1. The molecule has 2 heteroatoms. The lowest BCUT2D eigenvalue weighted by atomic mass is 10.1. The molecule has 0 aliphatic carbocycles. The first-order valence-electron chi connectivity index (χ1n) is 3.45. The van der Waals surface area contributed by atoms with Gasteiger partial charge in [-0.25, -0.2) is 0 Å². The summed E-state index contributed by atoms with van der Waals surface area (Å²) in [5, 5.41) is 3.17. The van der Waals surface area contributed by atoms with Gasteiger partial charge < -0.3 is 5.32 Å². The average Bonchev–Trinajstić information content (AvgIpc) is 1.63. The van der Waals surface area contributed by atoms with E-state index in [1.165, 1.54) is 6.42 Å². The van der Waals surface area contributed by atoms with Crippen LogP contribution in [0.5, 0.6) is 0 Å².